The van der Waals surface area contributed by atoms with Crippen molar-refractivity contribution >= 4 is 31.8 Å². The van der Waals surface area contributed by atoms with Crippen molar-refractivity contribution in [3.05, 3.63) is 48.3 Å². The van der Waals surface area contributed by atoms with Gasteiger partial charge in [0.25, 0.3) is 0 Å². The normalized spacial score (nSPS) is 12.0. The first-order valence-corrected chi connectivity index (χ1v) is 10.9. The first-order chi connectivity index (χ1) is 13.9. The summed E-state index contributed by atoms with van der Waals surface area (Å²) in [5, 5.41) is 10.9. The summed E-state index contributed by atoms with van der Waals surface area (Å²) in [4.78, 5) is 12.4. The molecule has 3 heterocycles. The highest BCUT2D eigenvalue weighted by Crippen LogP contribution is 2.38. The second kappa shape index (κ2) is 7.46. The van der Waals surface area contributed by atoms with Crippen molar-refractivity contribution in [2.45, 2.75) is 18.7 Å². The van der Waals surface area contributed by atoms with Crippen molar-refractivity contribution in [2.24, 2.45) is 0 Å². The molecule has 0 aliphatic rings. The predicted molar refractivity (Wildman–Crippen MR) is 112 cm³/mol. The molecule has 29 heavy (non-hydrogen) atoms. The number of benzene rings is 1. The van der Waals surface area contributed by atoms with Gasteiger partial charge in [-0.2, -0.15) is 0 Å². The largest absolute Gasteiger partial charge is 0.474 e. The Morgan fingerprint density at radius 2 is 2.00 bits per heavy atom. The molecule has 0 atom stereocenters. The van der Waals surface area contributed by atoms with Gasteiger partial charge in [-0.1, -0.05) is 19.1 Å². The minimum absolute atomic E-state index is 0.0360. The van der Waals surface area contributed by atoms with Gasteiger partial charge < -0.3 is 14.8 Å². The van der Waals surface area contributed by atoms with Crippen molar-refractivity contribution in [1.82, 2.24) is 15.0 Å². The zero-order valence-electron chi connectivity index (χ0n) is 16.1. The summed E-state index contributed by atoms with van der Waals surface area (Å²) in [5.74, 6) is 0.402. The fourth-order valence-electron chi connectivity index (χ4n) is 3.36. The Morgan fingerprint density at radius 3 is 2.76 bits per heavy atom. The van der Waals surface area contributed by atoms with Crippen LogP contribution < -0.4 is 4.74 Å². The molecule has 0 aliphatic heterocycles. The average molecular weight is 411 g/mol. The Bertz CT molecular complexity index is 1310. The molecule has 1 aromatic carbocycles. The van der Waals surface area contributed by atoms with Gasteiger partial charge in [-0.05, 0) is 36.2 Å². The van der Waals surface area contributed by atoms with E-state index < -0.39 is 9.84 Å². The predicted octanol–water partition coefficient (Wildman–Crippen LogP) is 3.25. The number of aliphatic hydroxyl groups excluding tert-OH is 1. The molecule has 7 nitrogen and oxygen atoms in total. The zero-order valence-corrected chi connectivity index (χ0v) is 17.0. The van der Waals surface area contributed by atoms with Crippen molar-refractivity contribution in [2.75, 3.05) is 19.0 Å². The van der Waals surface area contributed by atoms with Gasteiger partial charge in [0.05, 0.1) is 17.3 Å². The first-order valence-electron chi connectivity index (χ1n) is 9.28. The number of hydrogen-bond acceptors (Lipinski definition) is 6. The van der Waals surface area contributed by atoms with E-state index in [1.807, 2.05) is 19.1 Å². The number of H-pyrrole nitrogens is 1. The molecule has 3 aromatic heterocycles. The van der Waals surface area contributed by atoms with E-state index >= 15 is 0 Å². The molecular formula is C21H21N3O4S. The van der Waals surface area contributed by atoms with Crippen LogP contribution in [0.3, 0.4) is 0 Å². The molecule has 8 heteroatoms. The van der Waals surface area contributed by atoms with Gasteiger partial charge in [-0.25, -0.2) is 18.4 Å². The molecule has 0 amide bonds. The van der Waals surface area contributed by atoms with Crippen molar-refractivity contribution < 1.29 is 18.3 Å². The molecule has 0 radical (unpaired) electrons. The lowest BCUT2D eigenvalue weighted by Crippen LogP contribution is -2.04. The van der Waals surface area contributed by atoms with Crippen molar-refractivity contribution in [3.8, 4) is 17.0 Å². The van der Waals surface area contributed by atoms with E-state index in [9.17, 15) is 8.42 Å². The number of ether oxygens (including phenoxy) is 1. The second-order valence-corrected chi connectivity index (χ2v) is 9.04. The molecule has 2 N–H and O–H groups in total. The van der Waals surface area contributed by atoms with E-state index in [4.69, 9.17) is 9.84 Å². The number of nitrogens with zero attached hydrogens (tertiary/aromatic N) is 2. The number of nitrogens with one attached hydrogen (secondary N) is 1. The number of aromatic amines is 1. The maximum atomic E-state index is 12.4. The number of aryl methyl sites for hydroxylation is 1. The summed E-state index contributed by atoms with van der Waals surface area (Å²) in [6.07, 6.45) is 3.44. The quantitative estimate of drug-likeness (QED) is 0.505. The Hall–Kier alpha value is -2.97. The number of fused-ring (bicyclic) bond motifs is 3. The maximum absolute atomic E-state index is 12.4. The van der Waals surface area contributed by atoms with E-state index in [1.165, 1.54) is 0 Å². The van der Waals surface area contributed by atoms with Crippen LogP contribution in [-0.4, -0.2) is 47.4 Å². The summed E-state index contributed by atoms with van der Waals surface area (Å²) in [5.41, 5.74) is 3.87. The molecular weight excluding hydrogens is 390 g/mol. The molecule has 150 valence electrons. The monoisotopic (exact) mass is 411 g/mol. The van der Waals surface area contributed by atoms with E-state index in [-0.39, 0.29) is 23.9 Å². The van der Waals surface area contributed by atoms with Crippen LogP contribution in [0.4, 0.5) is 0 Å². The number of sulfone groups is 1. The lowest BCUT2D eigenvalue weighted by molar-refractivity contribution is 0.198. The number of aromatic nitrogens is 3. The number of aliphatic hydroxyl groups is 1. The Kier molecular flexibility index (Phi) is 4.97. The molecule has 0 saturated heterocycles. The Labute approximate surface area is 168 Å². The fourth-order valence-corrected chi connectivity index (χ4v) is 4.29. The third-order valence-electron chi connectivity index (χ3n) is 4.80. The third-order valence-corrected chi connectivity index (χ3v) is 6.53. The van der Waals surface area contributed by atoms with Gasteiger partial charge in [-0.3, -0.25) is 0 Å². The van der Waals surface area contributed by atoms with E-state index in [0.29, 0.717) is 17.0 Å². The molecule has 0 saturated carbocycles. The summed E-state index contributed by atoms with van der Waals surface area (Å²) in [7, 11) is -3.33. The van der Waals surface area contributed by atoms with Crippen LogP contribution in [0.5, 0.6) is 5.88 Å². The summed E-state index contributed by atoms with van der Waals surface area (Å²) in [6.45, 7) is 3.58. The fraction of sp³-hybridized carbons (Fsp3) is 0.238. The third kappa shape index (κ3) is 3.45. The maximum Gasteiger partial charge on any atom is 0.238 e. The molecule has 0 unspecified atom stereocenters. The van der Waals surface area contributed by atoms with Crippen molar-refractivity contribution in [1.29, 1.82) is 0 Å². The zero-order chi connectivity index (χ0) is 20.6. The average Bonchev–Trinajstić information content (AvgIpc) is 3.11. The molecule has 0 spiro atoms. The molecule has 0 bridgehead atoms. The molecule has 4 aromatic rings. The number of rotatable bonds is 6. The summed E-state index contributed by atoms with van der Waals surface area (Å²) in [6, 6.07) is 8.89. The smallest absolute Gasteiger partial charge is 0.238 e. The highest BCUT2D eigenvalue weighted by Gasteiger charge is 2.18. The molecule has 0 fully saturated rings. The van der Waals surface area contributed by atoms with Crippen LogP contribution >= 0.6 is 0 Å². The van der Waals surface area contributed by atoms with Crippen LogP contribution in [0.25, 0.3) is 33.1 Å². The van der Waals surface area contributed by atoms with Crippen LogP contribution in [0.15, 0.2) is 47.6 Å². The molecule has 4 rings (SSSR count). The van der Waals surface area contributed by atoms with Gasteiger partial charge in [0.2, 0.25) is 5.88 Å². The van der Waals surface area contributed by atoms with Crippen LogP contribution in [-0.2, 0) is 9.84 Å². The highest BCUT2D eigenvalue weighted by molar-refractivity contribution is 7.91. The minimum atomic E-state index is -3.33. The van der Waals surface area contributed by atoms with Gasteiger partial charge >= 0.3 is 0 Å². The second-order valence-electron chi connectivity index (χ2n) is 6.76. The Morgan fingerprint density at radius 1 is 1.17 bits per heavy atom. The SMILES string of the molecule is CCS(=O)(=O)c1cccc(-c2cnc(OCCO)c3[nH]c4ncc(C)cc4c23)c1. The van der Waals surface area contributed by atoms with E-state index in [1.54, 1.807) is 37.5 Å². The topological polar surface area (TPSA) is 105 Å². The summed E-state index contributed by atoms with van der Waals surface area (Å²) >= 11 is 0. The van der Waals surface area contributed by atoms with Crippen LogP contribution in [0.1, 0.15) is 12.5 Å². The van der Waals surface area contributed by atoms with E-state index in [2.05, 4.69) is 15.0 Å². The lowest BCUT2D eigenvalue weighted by atomic mass is 10.0. The van der Waals surface area contributed by atoms with Gasteiger partial charge in [-0.15, -0.1) is 0 Å². The lowest BCUT2D eigenvalue weighted by Gasteiger charge is -2.10. The minimum Gasteiger partial charge on any atom is -0.474 e. The number of pyridine rings is 2. The summed E-state index contributed by atoms with van der Waals surface area (Å²) < 4.78 is 30.3. The van der Waals surface area contributed by atoms with Gasteiger partial charge in [0.15, 0.2) is 9.84 Å². The first kappa shape index (κ1) is 19.4. The Balaban J connectivity index is 2.02. The standard InChI is InChI=1S/C21H21N3O4S/c1-3-29(26,27)15-6-4-5-14(10-15)17-12-23-21(28-8-7-25)19-18(17)16-9-13(2)11-22-20(16)24-19/h4-6,9-12,25H,3,7-8H2,1-2H3,(H,22,24). The highest BCUT2D eigenvalue weighted by atomic mass is 32.2. The van der Waals surface area contributed by atoms with E-state index in [0.717, 1.165) is 27.5 Å². The van der Waals surface area contributed by atoms with Gasteiger partial charge in [0.1, 0.15) is 17.8 Å². The van der Waals surface area contributed by atoms with Crippen LogP contribution in [0.2, 0.25) is 0 Å². The number of hydrogen-bond donors (Lipinski definition) is 2. The van der Waals surface area contributed by atoms with Gasteiger partial charge in [0, 0.05) is 28.7 Å². The van der Waals surface area contributed by atoms with Crippen LogP contribution in [0, 0.1) is 6.92 Å². The van der Waals surface area contributed by atoms with Crippen molar-refractivity contribution in [3.63, 3.8) is 0 Å². The molecule has 0 aliphatic carbocycles.